The van der Waals surface area contributed by atoms with Crippen LogP contribution in [0.5, 0.6) is 0 Å². The van der Waals surface area contributed by atoms with Crippen LogP contribution in [0.25, 0.3) is 0 Å². The van der Waals surface area contributed by atoms with Gasteiger partial charge in [-0.1, -0.05) is 30.3 Å². The zero-order chi connectivity index (χ0) is 18.4. The van der Waals surface area contributed by atoms with Crippen molar-refractivity contribution in [3.05, 3.63) is 70.0 Å². The van der Waals surface area contributed by atoms with E-state index in [9.17, 15) is 14.5 Å². The summed E-state index contributed by atoms with van der Waals surface area (Å²) in [4.78, 5) is 15.2. The predicted octanol–water partition coefficient (Wildman–Crippen LogP) is 2.96. The number of anilines is 1. The number of piperazine rings is 1. The van der Waals surface area contributed by atoms with Crippen molar-refractivity contribution in [1.82, 2.24) is 9.80 Å². The van der Waals surface area contributed by atoms with Crippen molar-refractivity contribution in [2.75, 3.05) is 44.6 Å². The molecule has 2 aromatic rings. The molecule has 1 saturated heterocycles. The van der Waals surface area contributed by atoms with Crippen molar-refractivity contribution in [3.63, 3.8) is 0 Å². The summed E-state index contributed by atoms with van der Waals surface area (Å²) in [6, 6.07) is 14.0. The topological polar surface area (TPSA) is 61.7 Å². The highest BCUT2D eigenvalue weighted by molar-refractivity contribution is 5.61. The largest absolute Gasteiger partial charge is 0.378 e. The van der Waals surface area contributed by atoms with Crippen LogP contribution in [0.2, 0.25) is 0 Å². The molecule has 1 aliphatic rings. The van der Waals surface area contributed by atoms with Crippen LogP contribution in [0.15, 0.2) is 48.5 Å². The highest BCUT2D eigenvalue weighted by Crippen LogP contribution is 2.24. The molecule has 3 rings (SSSR count). The number of hydrogen-bond acceptors (Lipinski definition) is 5. The van der Waals surface area contributed by atoms with E-state index in [1.807, 2.05) is 6.07 Å². The van der Waals surface area contributed by atoms with E-state index in [0.717, 1.165) is 45.3 Å². The van der Waals surface area contributed by atoms with Gasteiger partial charge in [-0.25, -0.2) is 4.39 Å². The molecule has 1 aliphatic heterocycles. The van der Waals surface area contributed by atoms with Gasteiger partial charge in [0.1, 0.15) is 11.5 Å². The standard InChI is InChI=1S/C19H23FN4O2/c20-17-6-7-18(19(14-17)24(25)26)21-8-9-22-10-12-23(13-11-22)15-16-4-2-1-3-5-16/h1-7,14,21H,8-13,15H2. The number of rotatable bonds is 7. The molecule has 0 amide bonds. The van der Waals surface area contributed by atoms with E-state index in [1.165, 1.54) is 17.7 Å². The molecular formula is C19H23FN4O2. The number of nitrogens with one attached hydrogen (secondary N) is 1. The van der Waals surface area contributed by atoms with Gasteiger partial charge in [0, 0.05) is 45.8 Å². The number of halogens is 1. The first-order chi connectivity index (χ1) is 12.6. The van der Waals surface area contributed by atoms with Gasteiger partial charge in [0.15, 0.2) is 0 Å². The SMILES string of the molecule is O=[N+]([O-])c1cc(F)ccc1NCCN1CCN(Cc2ccccc2)CC1. The molecule has 0 radical (unpaired) electrons. The van der Waals surface area contributed by atoms with Crippen molar-refractivity contribution in [3.8, 4) is 0 Å². The van der Waals surface area contributed by atoms with Crippen LogP contribution in [0.1, 0.15) is 5.56 Å². The number of nitro benzene ring substituents is 1. The lowest BCUT2D eigenvalue weighted by atomic mass is 10.2. The first kappa shape index (κ1) is 18.3. The van der Waals surface area contributed by atoms with Gasteiger partial charge in [0.25, 0.3) is 5.69 Å². The summed E-state index contributed by atoms with van der Waals surface area (Å²) in [6.07, 6.45) is 0. The summed E-state index contributed by atoms with van der Waals surface area (Å²) in [6.45, 7) is 6.31. The van der Waals surface area contributed by atoms with Gasteiger partial charge in [0.2, 0.25) is 0 Å². The number of nitrogens with zero attached hydrogens (tertiary/aromatic N) is 3. The van der Waals surface area contributed by atoms with Crippen LogP contribution in [0.4, 0.5) is 15.8 Å². The van der Waals surface area contributed by atoms with Gasteiger partial charge < -0.3 is 5.32 Å². The Morgan fingerprint density at radius 3 is 2.42 bits per heavy atom. The smallest absolute Gasteiger partial charge is 0.295 e. The zero-order valence-corrected chi connectivity index (χ0v) is 14.6. The van der Waals surface area contributed by atoms with Gasteiger partial charge in [-0.05, 0) is 17.7 Å². The Morgan fingerprint density at radius 2 is 1.73 bits per heavy atom. The first-order valence-corrected chi connectivity index (χ1v) is 8.78. The van der Waals surface area contributed by atoms with Gasteiger partial charge >= 0.3 is 0 Å². The lowest BCUT2D eigenvalue weighted by molar-refractivity contribution is -0.384. The molecule has 7 heteroatoms. The molecule has 2 aromatic carbocycles. The Hall–Kier alpha value is -2.51. The molecule has 0 saturated carbocycles. The molecule has 6 nitrogen and oxygen atoms in total. The van der Waals surface area contributed by atoms with Crippen LogP contribution in [0, 0.1) is 15.9 Å². The average molecular weight is 358 g/mol. The summed E-state index contributed by atoms with van der Waals surface area (Å²) in [5, 5.41) is 14.1. The van der Waals surface area contributed by atoms with Gasteiger partial charge in [0.05, 0.1) is 11.0 Å². The molecule has 0 spiro atoms. The maximum atomic E-state index is 13.2. The Morgan fingerprint density at radius 1 is 1.04 bits per heavy atom. The van der Waals surface area contributed by atoms with Crippen molar-refractivity contribution >= 4 is 11.4 Å². The highest BCUT2D eigenvalue weighted by Gasteiger charge is 2.18. The summed E-state index contributed by atoms with van der Waals surface area (Å²) in [5.41, 5.74) is 1.46. The first-order valence-electron chi connectivity index (χ1n) is 8.78. The van der Waals surface area contributed by atoms with Gasteiger partial charge in [-0.2, -0.15) is 0 Å². The van der Waals surface area contributed by atoms with Crippen molar-refractivity contribution in [2.24, 2.45) is 0 Å². The minimum atomic E-state index is -0.600. The van der Waals surface area contributed by atoms with E-state index in [2.05, 4.69) is 39.4 Å². The average Bonchev–Trinajstić information content (AvgIpc) is 2.65. The van der Waals surface area contributed by atoms with Crippen LogP contribution in [-0.2, 0) is 6.54 Å². The lowest BCUT2D eigenvalue weighted by Crippen LogP contribution is -2.47. The van der Waals surface area contributed by atoms with Crippen LogP contribution in [0.3, 0.4) is 0 Å². The number of benzene rings is 2. The molecule has 0 bridgehead atoms. The minimum absolute atomic E-state index is 0.224. The Kier molecular flexibility index (Phi) is 6.14. The molecule has 0 unspecified atom stereocenters. The molecule has 1 heterocycles. The zero-order valence-electron chi connectivity index (χ0n) is 14.6. The van der Waals surface area contributed by atoms with Crippen molar-refractivity contribution < 1.29 is 9.31 Å². The number of hydrogen-bond donors (Lipinski definition) is 1. The molecule has 0 atom stereocenters. The molecular weight excluding hydrogens is 335 g/mol. The molecule has 0 aliphatic carbocycles. The lowest BCUT2D eigenvalue weighted by Gasteiger charge is -2.34. The van der Waals surface area contributed by atoms with Crippen LogP contribution < -0.4 is 5.32 Å². The van der Waals surface area contributed by atoms with Crippen molar-refractivity contribution in [2.45, 2.75) is 6.54 Å². The third-order valence-corrected chi connectivity index (χ3v) is 4.61. The normalized spacial score (nSPS) is 15.7. The van der Waals surface area contributed by atoms with E-state index >= 15 is 0 Å². The van der Waals surface area contributed by atoms with Crippen LogP contribution >= 0.6 is 0 Å². The molecule has 1 N–H and O–H groups in total. The maximum Gasteiger partial charge on any atom is 0.295 e. The molecule has 138 valence electrons. The van der Waals surface area contributed by atoms with E-state index in [4.69, 9.17) is 0 Å². The summed E-state index contributed by atoms with van der Waals surface area (Å²) in [5.74, 6) is -0.600. The molecule has 1 fully saturated rings. The highest BCUT2D eigenvalue weighted by atomic mass is 19.1. The fourth-order valence-electron chi connectivity index (χ4n) is 3.17. The third kappa shape index (κ3) is 5.00. The second-order valence-electron chi connectivity index (χ2n) is 6.45. The van der Waals surface area contributed by atoms with Crippen LogP contribution in [-0.4, -0.2) is 54.0 Å². The third-order valence-electron chi connectivity index (χ3n) is 4.61. The monoisotopic (exact) mass is 358 g/mol. The summed E-state index contributed by atoms with van der Waals surface area (Å²) < 4.78 is 13.2. The molecule has 26 heavy (non-hydrogen) atoms. The fraction of sp³-hybridized carbons (Fsp3) is 0.368. The van der Waals surface area contributed by atoms with E-state index < -0.39 is 10.7 Å². The van der Waals surface area contributed by atoms with Crippen molar-refractivity contribution in [1.29, 1.82) is 0 Å². The molecule has 0 aromatic heterocycles. The Balaban J connectivity index is 1.42. The summed E-state index contributed by atoms with van der Waals surface area (Å²) >= 11 is 0. The van der Waals surface area contributed by atoms with Gasteiger partial charge in [-0.15, -0.1) is 0 Å². The maximum absolute atomic E-state index is 13.2. The fourth-order valence-corrected chi connectivity index (χ4v) is 3.17. The summed E-state index contributed by atoms with van der Waals surface area (Å²) in [7, 11) is 0. The Labute approximate surface area is 152 Å². The second kappa shape index (κ2) is 8.73. The predicted molar refractivity (Wildman–Crippen MR) is 99.7 cm³/mol. The van der Waals surface area contributed by atoms with E-state index in [1.54, 1.807) is 0 Å². The second-order valence-corrected chi connectivity index (χ2v) is 6.45. The quantitative estimate of drug-likeness (QED) is 0.609. The number of nitro groups is 1. The minimum Gasteiger partial charge on any atom is -0.378 e. The van der Waals surface area contributed by atoms with E-state index in [0.29, 0.717) is 12.2 Å². The van der Waals surface area contributed by atoms with Gasteiger partial charge in [-0.3, -0.25) is 19.9 Å². The van der Waals surface area contributed by atoms with E-state index in [-0.39, 0.29) is 5.69 Å². The Bertz CT molecular complexity index is 734.